The molecule has 180 valence electrons. The van der Waals surface area contributed by atoms with Gasteiger partial charge in [0.25, 0.3) is 0 Å². The molecule has 1 atom stereocenters. The molecule has 5 rings (SSSR count). The maximum absolute atomic E-state index is 15.0. The quantitative estimate of drug-likeness (QED) is 0.341. The van der Waals surface area contributed by atoms with Crippen LogP contribution in [-0.4, -0.2) is 66.2 Å². The number of rotatable bonds is 8. The van der Waals surface area contributed by atoms with Crippen LogP contribution in [-0.2, 0) is 27.2 Å². The number of aromatic nitrogens is 7. The van der Waals surface area contributed by atoms with Crippen LogP contribution < -0.4 is 4.90 Å². The maximum Gasteiger partial charge on any atom is 0.414 e. The number of carbonyl (C=O) groups excluding carboxylic acids is 2. The van der Waals surface area contributed by atoms with E-state index >= 15 is 0 Å². The fraction of sp³-hybridized carbons (Fsp3) is 0.286. The summed E-state index contributed by atoms with van der Waals surface area (Å²) in [4.78, 5) is 29.4. The summed E-state index contributed by atoms with van der Waals surface area (Å²) in [5, 5.41) is 15.6. The van der Waals surface area contributed by atoms with Crippen LogP contribution >= 0.6 is 0 Å². The number of halogens is 1. The van der Waals surface area contributed by atoms with Crippen molar-refractivity contribution in [1.82, 2.24) is 34.9 Å². The second-order valence-corrected chi connectivity index (χ2v) is 7.54. The predicted molar refractivity (Wildman–Crippen MR) is 115 cm³/mol. The van der Waals surface area contributed by atoms with Crippen LogP contribution in [0.25, 0.3) is 17.1 Å². The largest absolute Gasteiger partial charge is 0.466 e. The predicted octanol–water partition coefficient (Wildman–Crippen LogP) is 1.78. The molecule has 1 amide bonds. The van der Waals surface area contributed by atoms with Crippen molar-refractivity contribution in [3.05, 3.63) is 54.7 Å². The van der Waals surface area contributed by atoms with E-state index in [0.29, 0.717) is 17.8 Å². The number of nitrogens with zero attached hydrogens (tertiary/aromatic N) is 8. The lowest BCUT2D eigenvalue weighted by atomic mass is 10.2. The summed E-state index contributed by atoms with van der Waals surface area (Å²) in [6.07, 6.45) is 5.00. The van der Waals surface area contributed by atoms with Gasteiger partial charge in [-0.25, -0.2) is 18.5 Å². The summed E-state index contributed by atoms with van der Waals surface area (Å²) in [6.45, 7) is 2.54. The van der Waals surface area contributed by atoms with Gasteiger partial charge >= 0.3 is 12.1 Å². The highest BCUT2D eigenvalue weighted by atomic mass is 19.1. The first kappa shape index (κ1) is 22.2. The van der Waals surface area contributed by atoms with Crippen LogP contribution in [0.4, 0.5) is 14.9 Å². The van der Waals surface area contributed by atoms with Crippen molar-refractivity contribution in [2.45, 2.75) is 26.0 Å². The number of hydrogen-bond donors (Lipinski definition) is 0. The van der Waals surface area contributed by atoms with E-state index in [0.717, 1.165) is 0 Å². The molecule has 0 spiro atoms. The molecule has 4 heterocycles. The molecule has 0 unspecified atom stereocenters. The second kappa shape index (κ2) is 9.32. The Hall–Kier alpha value is -4.62. The molecular weight excluding hydrogens is 463 g/mol. The minimum Gasteiger partial charge on any atom is -0.466 e. The third-order valence-electron chi connectivity index (χ3n) is 5.14. The van der Waals surface area contributed by atoms with Gasteiger partial charge in [0.15, 0.2) is 5.82 Å². The lowest BCUT2D eigenvalue weighted by molar-refractivity contribution is -0.142. The molecule has 0 saturated carbocycles. The molecule has 0 radical (unpaired) electrons. The Morgan fingerprint density at radius 1 is 1.34 bits per heavy atom. The van der Waals surface area contributed by atoms with Crippen molar-refractivity contribution >= 4 is 17.7 Å². The number of ether oxygens (including phenoxy) is 2. The van der Waals surface area contributed by atoms with Crippen LogP contribution in [0.1, 0.15) is 12.8 Å². The van der Waals surface area contributed by atoms with Gasteiger partial charge in [-0.2, -0.15) is 10.1 Å². The lowest BCUT2D eigenvalue weighted by Gasteiger charge is -2.14. The van der Waals surface area contributed by atoms with Gasteiger partial charge in [0.2, 0.25) is 11.7 Å². The van der Waals surface area contributed by atoms with Gasteiger partial charge in [-0.1, -0.05) is 10.4 Å². The van der Waals surface area contributed by atoms with Gasteiger partial charge < -0.3 is 14.0 Å². The van der Waals surface area contributed by atoms with Crippen molar-refractivity contribution in [3.8, 4) is 17.1 Å². The highest BCUT2D eigenvalue weighted by Crippen LogP contribution is 2.26. The van der Waals surface area contributed by atoms with E-state index in [1.807, 2.05) is 0 Å². The van der Waals surface area contributed by atoms with Gasteiger partial charge in [-0.05, 0) is 25.1 Å². The van der Waals surface area contributed by atoms with Gasteiger partial charge in [-0.3, -0.25) is 9.69 Å². The highest BCUT2D eigenvalue weighted by Gasteiger charge is 2.33. The van der Waals surface area contributed by atoms with E-state index in [9.17, 15) is 14.0 Å². The molecule has 4 aromatic rings. The summed E-state index contributed by atoms with van der Waals surface area (Å²) in [7, 11) is 0. The minimum absolute atomic E-state index is 0.0985. The first-order chi connectivity index (χ1) is 17.0. The zero-order chi connectivity index (χ0) is 24.4. The molecule has 1 aromatic carbocycles. The van der Waals surface area contributed by atoms with E-state index in [1.165, 1.54) is 40.3 Å². The van der Waals surface area contributed by atoms with Crippen molar-refractivity contribution in [3.63, 3.8) is 0 Å². The molecule has 0 aliphatic carbocycles. The topological polar surface area (TPSA) is 143 Å². The molecule has 1 saturated heterocycles. The van der Waals surface area contributed by atoms with Gasteiger partial charge in [0.05, 0.1) is 43.3 Å². The molecule has 13 nitrogen and oxygen atoms in total. The molecule has 1 aliphatic heterocycles. The zero-order valence-electron chi connectivity index (χ0n) is 18.4. The Kier molecular flexibility index (Phi) is 5.91. The summed E-state index contributed by atoms with van der Waals surface area (Å²) in [5.41, 5.74) is 0.972. The highest BCUT2D eigenvalue weighted by molar-refractivity contribution is 5.89. The summed E-state index contributed by atoms with van der Waals surface area (Å²) >= 11 is 0. The normalized spacial score (nSPS) is 15.4. The molecule has 0 N–H and O–H groups in total. The van der Waals surface area contributed by atoms with Crippen LogP contribution in [0.15, 0.2) is 47.5 Å². The van der Waals surface area contributed by atoms with E-state index in [2.05, 4.69) is 25.6 Å². The summed E-state index contributed by atoms with van der Waals surface area (Å²) in [6, 6.07) is 4.34. The maximum atomic E-state index is 15.0. The average Bonchev–Trinajstić information content (AvgIpc) is 3.62. The Balaban J connectivity index is 1.29. The number of benzene rings is 1. The fourth-order valence-corrected chi connectivity index (χ4v) is 3.57. The second-order valence-electron chi connectivity index (χ2n) is 7.54. The number of carbonyl (C=O) groups is 2. The smallest absolute Gasteiger partial charge is 0.414 e. The molecule has 3 aromatic heterocycles. The molecule has 1 aliphatic rings. The Labute approximate surface area is 197 Å². The third kappa shape index (κ3) is 4.71. The van der Waals surface area contributed by atoms with Crippen molar-refractivity contribution in [1.29, 1.82) is 0 Å². The van der Waals surface area contributed by atoms with E-state index < -0.39 is 24.0 Å². The minimum atomic E-state index is -0.596. The Morgan fingerprint density at radius 2 is 2.23 bits per heavy atom. The molecule has 14 heteroatoms. The van der Waals surface area contributed by atoms with Crippen molar-refractivity contribution in [2.24, 2.45) is 0 Å². The van der Waals surface area contributed by atoms with Crippen molar-refractivity contribution in [2.75, 3.05) is 18.1 Å². The van der Waals surface area contributed by atoms with Crippen LogP contribution in [0.3, 0.4) is 0 Å². The SMILES string of the molecule is CCOC(=O)Cc1nc(-c2cnn(-c3ccc(N4C[C@H](Cn5ccnn5)OC4=O)cc3F)c2)no1. The third-order valence-corrected chi connectivity index (χ3v) is 5.14. The number of cyclic esters (lactones) is 1. The monoisotopic (exact) mass is 482 g/mol. The summed E-state index contributed by atoms with van der Waals surface area (Å²) in [5.74, 6) is -0.778. The van der Waals surface area contributed by atoms with Gasteiger partial charge in [0, 0.05) is 12.4 Å². The molecule has 1 fully saturated rings. The zero-order valence-corrected chi connectivity index (χ0v) is 18.4. The average molecular weight is 482 g/mol. The standard InChI is InChI=1S/C21H19FN8O5/c1-2-33-19(31)8-18-25-20(26-35-18)13-9-24-30(10-13)17-4-3-14(7-16(17)22)29-12-15(34-21(29)32)11-28-6-5-23-27-28/h3-7,9-10,15H,2,8,11-12H2,1H3/t15-/m0/s1. The van der Waals surface area contributed by atoms with Crippen LogP contribution in [0, 0.1) is 5.82 Å². The first-order valence-corrected chi connectivity index (χ1v) is 10.7. The Morgan fingerprint density at radius 3 is 3.00 bits per heavy atom. The Bertz CT molecular complexity index is 1350. The van der Waals surface area contributed by atoms with Crippen LogP contribution in [0.5, 0.6) is 0 Å². The van der Waals surface area contributed by atoms with E-state index in [-0.39, 0.29) is 37.0 Å². The lowest BCUT2D eigenvalue weighted by Crippen LogP contribution is -2.26. The van der Waals surface area contributed by atoms with Gasteiger partial charge in [0.1, 0.15) is 18.2 Å². The number of anilines is 1. The van der Waals surface area contributed by atoms with E-state index in [4.69, 9.17) is 14.0 Å². The molecular formula is C21H19FN8O5. The summed E-state index contributed by atoms with van der Waals surface area (Å²) < 4.78 is 33.1. The van der Waals surface area contributed by atoms with Crippen molar-refractivity contribution < 1.29 is 28.0 Å². The molecule has 0 bridgehead atoms. The first-order valence-electron chi connectivity index (χ1n) is 10.7. The fourth-order valence-electron chi connectivity index (χ4n) is 3.57. The van der Waals surface area contributed by atoms with Gasteiger partial charge in [-0.15, -0.1) is 5.10 Å². The van der Waals surface area contributed by atoms with Crippen LogP contribution in [0.2, 0.25) is 0 Å². The molecule has 35 heavy (non-hydrogen) atoms. The number of amides is 1. The number of esters is 1. The number of hydrogen-bond acceptors (Lipinski definition) is 10. The van der Waals surface area contributed by atoms with E-state index in [1.54, 1.807) is 23.9 Å².